The van der Waals surface area contributed by atoms with E-state index >= 15 is 0 Å². The lowest BCUT2D eigenvalue weighted by molar-refractivity contribution is 0.0699. The first-order valence-electron chi connectivity index (χ1n) is 7.45. The molecule has 5 nitrogen and oxygen atoms in total. The van der Waals surface area contributed by atoms with Gasteiger partial charge in [0.05, 0.1) is 17.5 Å². The number of hydrogen-bond acceptors (Lipinski definition) is 3. The number of piperidine rings is 1. The number of halogens is 1. The Kier molecular flexibility index (Phi) is 4.20. The average Bonchev–Trinajstić information content (AvgIpc) is 3.04. The summed E-state index contributed by atoms with van der Waals surface area (Å²) in [5.74, 6) is -0.336. The lowest BCUT2D eigenvalue weighted by Crippen LogP contribution is -2.47. The molecule has 3 rings (SSSR count). The third kappa shape index (κ3) is 2.87. The second kappa shape index (κ2) is 6.27. The summed E-state index contributed by atoms with van der Waals surface area (Å²) in [5, 5.41) is 10.1. The van der Waals surface area contributed by atoms with E-state index in [1.165, 1.54) is 12.1 Å². The fourth-order valence-electron chi connectivity index (χ4n) is 2.85. The van der Waals surface area contributed by atoms with Gasteiger partial charge in [-0.05, 0) is 44.2 Å². The van der Waals surface area contributed by atoms with Crippen molar-refractivity contribution in [3.05, 3.63) is 41.8 Å². The second-order valence-corrected chi connectivity index (χ2v) is 5.54. The first-order valence-corrected chi connectivity index (χ1v) is 7.45. The van der Waals surface area contributed by atoms with Crippen LogP contribution in [0.2, 0.25) is 0 Å². The number of aromatic amines is 1. The van der Waals surface area contributed by atoms with Gasteiger partial charge < -0.3 is 10.2 Å². The lowest BCUT2D eigenvalue weighted by Gasteiger charge is -2.32. The quantitative estimate of drug-likeness (QED) is 0.912. The molecule has 1 unspecified atom stereocenters. The summed E-state index contributed by atoms with van der Waals surface area (Å²) in [7, 11) is 1.92. The molecule has 1 aliphatic rings. The molecule has 2 N–H and O–H groups in total. The van der Waals surface area contributed by atoms with Crippen LogP contribution < -0.4 is 5.32 Å². The molecule has 0 saturated carbocycles. The molecule has 1 amide bonds. The predicted octanol–water partition coefficient (Wildman–Crippen LogP) is 2.04. The van der Waals surface area contributed by atoms with E-state index < -0.39 is 0 Å². The van der Waals surface area contributed by atoms with Crippen molar-refractivity contribution in [2.75, 3.05) is 20.1 Å². The van der Waals surface area contributed by atoms with Crippen LogP contribution in [0.3, 0.4) is 0 Å². The molecule has 0 spiro atoms. The van der Waals surface area contributed by atoms with E-state index in [2.05, 4.69) is 15.5 Å². The van der Waals surface area contributed by atoms with Crippen LogP contribution in [0.1, 0.15) is 23.2 Å². The van der Waals surface area contributed by atoms with Crippen molar-refractivity contribution in [3.8, 4) is 11.3 Å². The van der Waals surface area contributed by atoms with Crippen molar-refractivity contribution in [3.63, 3.8) is 0 Å². The van der Waals surface area contributed by atoms with E-state index in [1.807, 2.05) is 11.9 Å². The molecule has 0 aliphatic carbocycles. The molecule has 0 bridgehead atoms. The van der Waals surface area contributed by atoms with Gasteiger partial charge in [0, 0.05) is 24.7 Å². The minimum absolute atomic E-state index is 0.0342. The Labute approximate surface area is 128 Å². The van der Waals surface area contributed by atoms with Gasteiger partial charge in [0.15, 0.2) is 0 Å². The van der Waals surface area contributed by atoms with Crippen molar-refractivity contribution in [1.82, 2.24) is 20.4 Å². The van der Waals surface area contributed by atoms with Crippen molar-refractivity contribution >= 4 is 5.91 Å². The maximum atomic E-state index is 13.1. The van der Waals surface area contributed by atoms with Crippen molar-refractivity contribution in [2.45, 2.75) is 18.9 Å². The van der Waals surface area contributed by atoms with Crippen LogP contribution in [-0.2, 0) is 0 Å². The highest BCUT2D eigenvalue weighted by Crippen LogP contribution is 2.23. The van der Waals surface area contributed by atoms with Gasteiger partial charge in [-0.25, -0.2) is 4.39 Å². The fraction of sp³-hybridized carbons (Fsp3) is 0.375. The molecule has 1 atom stereocenters. The summed E-state index contributed by atoms with van der Waals surface area (Å²) in [6.07, 6.45) is 3.61. The molecular weight excluding hydrogens is 283 g/mol. The van der Waals surface area contributed by atoms with E-state index in [4.69, 9.17) is 0 Å². The number of benzene rings is 1. The van der Waals surface area contributed by atoms with Crippen LogP contribution in [0.5, 0.6) is 0 Å². The number of aromatic nitrogens is 2. The SMILES string of the molecule is CNC1CCCN(C(=O)c2cn[nH]c2-c2ccc(F)cc2)C1. The van der Waals surface area contributed by atoms with Gasteiger partial charge in [0.1, 0.15) is 5.82 Å². The Morgan fingerprint density at radius 3 is 2.91 bits per heavy atom. The number of rotatable bonds is 3. The number of nitrogens with one attached hydrogen (secondary N) is 2. The summed E-state index contributed by atoms with van der Waals surface area (Å²) in [4.78, 5) is 14.6. The average molecular weight is 302 g/mol. The standard InChI is InChI=1S/C16H19FN4O/c1-18-13-3-2-8-21(10-13)16(22)14-9-19-20-15(14)11-4-6-12(17)7-5-11/h4-7,9,13,18H,2-3,8,10H2,1H3,(H,19,20). The number of carbonyl (C=O) groups excluding carboxylic acids is 1. The smallest absolute Gasteiger partial charge is 0.257 e. The van der Waals surface area contributed by atoms with Gasteiger partial charge in [0.25, 0.3) is 5.91 Å². The van der Waals surface area contributed by atoms with Crippen molar-refractivity contribution in [2.24, 2.45) is 0 Å². The molecule has 1 fully saturated rings. The molecule has 0 radical (unpaired) electrons. The maximum Gasteiger partial charge on any atom is 0.257 e. The Balaban J connectivity index is 1.85. The summed E-state index contributed by atoms with van der Waals surface area (Å²) in [5.41, 5.74) is 1.92. The molecule has 6 heteroatoms. The number of carbonyl (C=O) groups is 1. The summed E-state index contributed by atoms with van der Waals surface area (Å²) >= 11 is 0. The van der Waals surface area contributed by atoms with Gasteiger partial charge in [-0.1, -0.05) is 0 Å². The number of likely N-dealkylation sites (tertiary alicyclic amines) is 1. The Bertz CT molecular complexity index is 652. The topological polar surface area (TPSA) is 61.0 Å². The van der Waals surface area contributed by atoms with E-state index in [0.29, 0.717) is 23.8 Å². The number of nitrogens with zero attached hydrogens (tertiary/aromatic N) is 2. The largest absolute Gasteiger partial charge is 0.337 e. The number of H-pyrrole nitrogens is 1. The van der Waals surface area contributed by atoms with Gasteiger partial charge in [-0.15, -0.1) is 0 Å². The highest BCUT2D eigenvalue weighted by atomic mass is 19.1. The monoisotopic (exact) mass is 302 g/mol. The Hall–Kier alpha value is -2.21. The molecule has 116 valence electrons. The molecule has 22 heavy (non-hydrogen) atoms. The molecule has 2 aromatic rings. The molecule has 1 aromatic carbocycles. The summed E-state index contributed by atoms with van der Waals surface area (Å²) < 4.78 is 13.1. The number of amides is 1. The number of likely N-dealkylation sites (N-methyl/N-ethyl adjacent to an activating group) is 1. The van der Waals surface area contributed by atoms with E-state index in [-0.39, 0.29) is 11.7 Å². The third-order valence-corrected chi connectivity index (χ3v) is 4.12. The zero-order valence-electron chi connectivity index (χ0n) is 12.5. The highest BCUT2D eigenvalue weighted by molar-refractivity contribution is 5.99. The molecule has 1 aliphatic heterocycles. The summed E-state index contributed by atoms with van der Waals surface area (Å²) in [6, 6.07) is 6.38. The first kappa shape index (κ1) is 14.7. The van der Waals surface area contributed by atoms with Crippen LogP contribution in [-0.4, -0.2) is 47.2 Å². The zero-order chi connectivity index (χ0) is 15.5. The second-order valence-electron chi connectivity index (χ2n) is 5.54. The van der Waals surface area contributed by atoms with Crippen molar-refractivity contribution in [1.29, 1.82) is 0 Å². The van der Waals surface area contributed by atoms with E-state index in [0.717, 1.165) is 24.9 Å². The minimum atomic E-state index is -0.302. The van der Waals surface area contributed by atoms with Gasteiger partial charge >= 0.3 is 0 Å². The van der Waals surface area contributed by atoms with E-state index in [9.17, 15) is 9.18 Å². The Morgan fingerprint density at radius 1 is 1.41 bits per heavy atom. The van der Waals surface area contributed by atoms with Crippen LogP contribution in [0, 0.1) is 5.82 Å². The van der Waals surface area contributed by atoms with Crippen LogP contribution in [0.15, 0.2) is 30.5 Å². The fourth-order valence-corrected chi connectivity index (χ4v) is 2.85. The van der Waals surface area contributed by atoms with Gasteiger partial charge in [0.2, 0.25) is 0 Å². The van der Waals surface area contributed by atoms with Crippen LogP contribution in [0.25, 0.3) is 11.3 Å². The van der Waals surface area contributed by atoms with Crippen molar-refractivity contribution < 1.29 is 9.18 Å². The molecule has 1 saturated heterocycles. The van der Waals surface area contributed by atoms with Crippen LogP contribution >= 0.6 is 0 Å². The zero-order valence-corrected chi connectivity index (χ0v) is 12.5. The lowest BCUT2D eigenvalue weighted by atomic mass is 10.0. The maximum absolute atomic E-state index is 13.1. The molecule has 2 heterocycles. The van der Waals surface area contributed by atoms with Gasteiger partial charge in [-0.2, -0.15) is 5.10 Å². The molecule has 1 aromatic heterocycles. The van der Waals surface area contributed by atoms with Gasteiger partial charge in [-0.3, -0.25) is 9.89 Å². The number of hydrogen-bond donors (Lipinski definition) is 2. The summed E-state index contributed by atoms with van der Waals surface area (Å²) in [6.45, 7) is 1.45. The third-order valence-electron chi connectivity index (χ3n) is 4.12. The highest BCUT2D eigenvalue weighted by Gasteiger charge is 2.26. The van der Waals surface area contributed by atoms with Crippen LogP contribution in [0.4, 0.5) is 4.39 Å². The first-order chi connectivity index (χ1) is 10.7. The predicted molar refractivity (Wildman–Crippen MR) is 82.0 cm³/mol. The minimum Gasteiger partial charge on any atom is -0.337 e. The molecular formula is C16H19FN4O. The normalized spacial score (nSPS) is 18.5. The Morgan fingerprint density at radius 2 is 2.18 bits per heavy atom. The van der Waals surface area contributed by atoms with E-state index in [1.54, 1.807) is 18.3 Å².